The number of benzene rings is 3. The molecule has 0 aliphatic heterocycles. The van der Waals surface area contributed by atoms with Gasteiger partial charge in [0.25, 0.3) is 5.91 Å². The van der Waals surface area contributed by atoms with Gasteiger partial charge in [-0.2, -0.15) is 0 Å². The molecule has 3 aromatic rings. The number of halogens is 1. The average Bonchev–Trinajstić information content (AvgIpc) is 2.84. The molecule has 0 unspecified atom stereocenters. The molecular formula is C31H37ClN2O3. The van der Waals surface area contributed by atoms with E-state index in [-0.39, 0.29) is 25.0 Å². The lowest BCUT2D eigenvalue weighted by atomic mass is 10.0. The molecule has 0 saturated heterocycles. The van der Waals surface area contributed by atoms with Crippen LogP contribution in [0.4, 0.5) is 0 Å². The lowest BCUT2D eigenvalue weighted by molar-refractivity contribution is -0.143. The van der Waals surface area contributed by atoms with E-state index >= 15 is 0 Å². The molecule has 3 aromatic carbocycles. The van der Waals surface area contributed by atoms with Crippen molar-refractivity contribution in [3.05, 3.63) is 101 Å². The summed E-state index contributed by atoms with van der Waals surface area (Å²) in [5.74, 6) is 0.522. The van der Waals surface area contributed by atoms with Crippen molar-refractivity contribution in [2.24, 2.45) is 0 Å². The van der Waals surface area contributed by atoms with E-state index in [0.717, 1.165) is 11.1 Å². The van der Waals surface area contributed by atoms with Crippen LogP contribution in [0.1, 0.15) is 57.2 Å². The zero-order valence-corrected chi connectivity index (χ0v) is 23.1. The SMILES string of the molecule is CC(C)c1ccc(OCC(=O)N(Cc2cccc(Cl)c2)[C@@H](Cc2ccccc2)C(=O)NC(C)(C)C)cc1. The Morgan fingerprint density at radius 2 is 1.57 bits per heavy atom. The number of carbonyl (C=O) groups is 2. The Balaban J connectivity index is 1.90. The van der Waals surface area contributed by atoms with Gasteiger partial charge in [-0.3, -0.25) is 9.59 Å². The summed E-state index contributed by atoms with van der Waals surface area (Å²) in [5.41, 5.74) is 2.54. The van der Waals surface area contributed by atoms with Crippen LogP contribution in [0, 0.1) is 0 Å². The third kappa shape index (κ3) is 8.94. The molecule has 1 N–H and O–H groups in total. The number of carbonyl (C=O) groups excluding carboxylic acids is 2. The second-order valence-electron chi connectivity index (χ2n) is 10.6. The predicted octanol–water partition coefficient (Wildman–Crippen LogP) is 6.40. The van der Waals surface area contributed by atoms with Crippen LogP contribution in [0.15, 0.2) is 78.9 Å². The molecule has 0 aliphatic rings. The van der Waals surface area contributed by atoms with Gasteiger partial charge in [0.15, 0.2) is 6.61 Å². The molecule has 0 aromatic heterocycles. The average molecular weight is 521 g/mol. The predicted molar refractivity (Wildman–Crippen MR) is 150 cm³/mol. The highest BCUT2D eigenvalue weighted by molar-refractivity contribution is 6.30. The van der Waals surface area contributed by atoms with Crippen molar-refractivity contribution < 1.29 is 14.3 Å². The number of nitrogens with zero attached hydrogens (tertiary/aromatic N) is 1. The fourth-order valence-electron chi connectivity index (χ4n) is 4.02. The van der Waals surface area contributed by atoms with Gasteiger partial charge in [0.05, 0.1) is 0 Å². The third-order valence-corrected chi connectivity index (χ3v) is 6.16. The van der Waals surface area contributed by atoms with Crippen LogP contribution in [0.3, 0.4) is 0 Å². The Kier molecular flexibility index (Phi) is 9.76. The maximum Gasteiger partial charge on any atom is 0.261 e. The van der Waals surface area contributed by atoms with E-state index in [1.54, 1.807) is 11.0 Å². The van der Waals surface area contributed by atoms with Gasteiger partial charge in [-0.15, -0.1) is 0 Å². The first-order valence-corrected chi connectivity index (χ1v) is 13.0. The zero-order chi connectivity index (χ0) is 27.0. The fraction of sp³-hybridized carbons (Fsp3) is 0.355. The molecule has 0 spiro atoms. The van der Waals surface area contributed by atoms with Crippen LogP contribution < -0.4 is 10.1 Å². The molecule has 0 fully saturated rings. The van der Waals surface area contributed by atoms with Crippen molar-refractivity contribution in [2.75, 3.05) is 6.61 Å². The summed E-state index contributed by atoms with van der Waals surface area (Å²) in [7, 11) is 0. The van der Waals surface area contributed by atoms with Gasteiger partial charge in [0.1, 0.15) is 11.8 Å². The number of rotatable bonds is 10. The highest BCUT2D eigenvalue weighted by Gasteiger charge is 2.32. The van der Waals surface area contributed by atoms with Gasteiger partial charge in [0.2, 0.25) is 5.91 Å². The first-order chi connectivity index (χ1) is 17.5. The van der Waals surface area contributed by atoms with Gasteiger partial charge >= 0.3 is 0 Å². The van der Waals surface area contributed by atoms with E-state index in [2.05, 4.69) is 19.2 Å². The molecule has 0 bridgehead atoms. The summed E-state index contributed by atoms with van der Waals surface area (Å²) < 4.78 is 5.88. The van der Waals surface area contributed by atoms with Crippen molar-refractivity contribution in [1.82, 2.24) is 10.2 Å². The molecule has 1 atom stereocenters. The molecule has 2 amide bonds. The summed E-state index contributed by atoms with van der Waals surface area (Å²) in [6, 6.07) is 24.1. The van der Waals surface area contributed by atoms with E-state index in [0.29, 0.717) is 23.1 Å². The molecule has 0 aliphatic carbocycles. The molecule has 0 heterocycles. The zero-order valence-electron chi connectivity index (χ0n) is 22.3. The van der Waals surface area contributed by atoms with Crippen LogP contribution >= 0.6 is 11.6 Å². The van der Waals surface area contributed by atoms with Crippen molar-refractivity contribution >= 4 is 23.4 Å². The third-order valence-electron chi connectivity index (χ3n) is 5.92. The minimum atomic E-state index is -0.736. The normalized spacial score (nSPS) is 12.2. The summed E-state index contributed by atoms with van der Waals surface area (Å²) in [5, 5.41) is 3.64. The van der Waals surface area contributed by atoms with E-state index in [9.17, 15) is 9.59 Å². The van der Waals surface area contributed by atoms with Crippen LogP contribution in [-0.4, -0.2) is 34.9 Å². The summed E-state index contributed by atoms with van der Waals surface area (Å²) in [4.78, 5) is 28.8. The van der Waals surface area contributed by atoms with Crippen LogP contribution in [0.2, 0.25) is 5.02 Å². The number of nitrogens with one attached hydrogen (secondary N) is 1. The fourth-order valence-corrected chi connectivity index (χ4v) is 4.23. The molecule has 0 radical (unpaired) electrons. The van der Waals surface area contributed by atoms with Crippen LogP contribution in [0.25, 0.3) is 0 Å². The largest absolute Gasteiger partial charge is 0.484 e. The van der Waals surface area contributed by atoms with E-state index < -0.39 is 11.6 Å². The second-order valence-corrected chi connectivity index (χ2v) is 11.0. The monoisotopic (exact) mass is 520 g/mol. The Bertz CT molecular complexity index is 1170. The maximum atomic E-state index is 13.7. The van der Waals surface area contributed by atoms with Crippen molar-refractivity contribution in [3.63, 3.8) is 0 Å². The smallest absolute Gasteiger partial charge is 0.261 e. The number of ether oxygens (including phenoxy) is 1. The number of amides is 2. The molecule has 37 heavy (non-hydrogen) atoms. The van der Waals surface area contributed by atoms with Gasteiger partial charge in [-0.25, -0.2) is 0 Å². The maximum absolute atomic E-state index is 13.7. The van der Waals surface area contributed by atoms with Crippen molar-refractivity contribution in [3.8, 4) is 5.75 Å². The van der Waals surface area contributed by atoms with E-state index in [1.165, 1.54) is 5.56 Å². The highest BCUT2D eigenvalue weighted by atomic mass is 35.5. The Morgan fingerprint density at radius 3 is 2.16 bits per heavy atom. The Morgan fingerprint density at radius 1 is 0.919 bits per heavy atom. The lowest BCUT2D eigenvalue weighted by Crippen LogP contribution is -2.55. The lowest BCUT2D eigenvalue weighted by Gasteiger charge is -2.33. The molecule has 0 saturated carbocycles. The Labute approximate surface area is 225 Å². The van der Waals surface area contributed by atoms with Crippen molar-refractivity contribution in [2.45, 2.75) is 65.1 Å². The molecule has 6 heteroatoms. The minimum absolute atomic E-state index is 0.185. The standard InChI is InChI=1S/C31H37ClN2O3/c1-22(2)25-14-16-27(17-15-25)37-21-29(35)34(20-24-12-9-13-26(32)18-24)28(30(36)33-31(3,4)5)19-23-10-7-6-8-11-23/h6-18,22,28H,19-21H2,1-5H3,(H,33,36)/t28-/m0/s1. The summed E-state index contributed by atoms with van der Waals surface area (Å²) in [6.45, 7) is 10.1. The first-order valence-electron chi connectivity index (χ1n) is 12.6. The summed E-state index contributed by atoms with van der Waals surface area (Å²) >= 11 is 6.24. The van der Waals surface area contributed by atoms with E-state index in [1.807, 2.05) is 93.6 Å². The minimum Gasteiger partial charge on any atom is -0.484 e. The molecular weight excluding hydrogens is 484 g/mol. The highest BCUT2D eigenvalue weighted by Crippen LogP contribution is 2.21. The number of hydrogen-bond acceptors (Lipinski definition) is 3. The quantitative estimate of drug-likeness (QED) is 0.336. The molecule has 196 valence electrons. The van der Waals surface area contributed by atoms with Gasteiger partial charge in [0, 0.05) is 23.5 Å². The molecule has 3 rings (SSSR count). The van der Waals surface area contributed by atoms with Gasteiger partial charge < -0.3 is 15.0 Å². The van der Waals surface area contributed by atoms with Gasteiger partial charge in [-0.05, 0) is 67.6 Å². The second kappa shape index (κ2) is 12.8. The molecule has 5 nitrogen and oxygen atoms in total. The van der Waals surface area contributed by atoms with Crippen LogP contribution in [-0.2, 0) is 22.6 Å². The van der Waals surface area contributed by atoms with Gasteiger partial charge in [-0.1, -0.05) is 80.0 Å². The van der Waals surface area contributed by atoms with Crippen LogP contribution in [0.5, 0.6) is 5.75 Å². The van der Waals surface area contributed by atoms with E-state index in [4.69, 9.17) is 16.3 Å². The Hall–Kier alpha value is -3.31. The topological polar surface area (TPSA) is 58.6 Å². The summed E-state index contributed by atoms with van der Waals surface area (Å²) in [6.07, 6.45) is 0.373. The first kappa shape index (κ1) is 28.3. The number of hydrogen-bond donors (Lipinski definition) is 1. The van der Waals surface area contributed by atoms with Crippen molar-refractivity contribution in [1.29, 1.82) is 0 Å².